The number of nitrogen functional groups attached to an aromatic ring is 1. The van der Waals surface area contributed by atoms with E-state index in [9.17, 15) is 4.79 Å². The quantitative estimate of drug-likeness (QED) is 0.481. The van der Waals surface area contributed by atoms with E-state index in [4.69, 9.17) is 11.1 Å². The third kappa shape index (κ3) is 5.09. The standard InChI is InChI=1S/C17H20N4O.ClH/c1-20-15(13-5-3-2-4-6-13)17(22)21-11-12-7-9-14(10-8-12)16(18)19;/h2-10,15,20H,11H2,1H3,(H3,18,19)(H,21,22);1H/t15-;/m0./s1. The van der Waals surface area contributed by atoms with Crippen LogP contribution in [0.15, 0.2) is 54.6 Å². The van der Waals surface area contributed by atoms with Crippen molar-refractivity contribution in [3.63, 3.8) is 0 Å². The summed E-state index contributed by atoms with van der Waals surface area (Å²) in [6.07, 6.45) is 0. The summed E-state index contributed by atoms with van der Waals surface area (Å²) in [5, 5.41) is 13.3. The van der Waals surface area contributed by atoms with E-state index in [2.05, 4.69) is 10.6 Å². The van der Waals surface area contributed by atoms with Gasteiger partial charge in [0.25, 0.3) is 0 Å². The van der Waals surface area contributed by atoms with Crippen LogP contribution in [0.1, 0.15) is 22.7 Å². The topological polar surface area (TPSA) is 91.0 Å². The molecule has 0 radical (unpaired) electrons. The summed E-state index contributed by atoms with van der Waals surface area (Å²) in [4.78, 5) is 12.3. The van der Waals surface area contributed by atoms with Gasteiger partial charge >= 0.3 is 0 Å². The molecule has 0 aliphatic heterocycles. The second-order valence-electron chi connectivity index (χ2n) is 4.96. The number of amides is 1. The maximum atomic E-state index is 12.3. The second kappa shape index (κ2) is 8.92. The molecule has 5 nitrogen and oxygen atoms in total. The van der Waals surface area contributed by atoms with Crippen LogP contribution in [0.3, 0.4) is 0 Å². The van der Waals surface area contributed by atoms with Crippen molar-refractivity contribution in [1.29, 1.82) is 5.41 Å². The number of halogens is 1. The molecule has 5 N–H and O–H groups in total. The molecule has 0 spiro atoms. The van der Waals surface area contributed by atoms with Gasteiger partial charge in [0, 0.05) is 12.1 Å². The SMILES string of the molecule is CN[C@H](C(=O)NCc1ccc(C(=N)N)cc1)c1ccccc1.Cl. The predicted molar refractivity (Wildman–Crippen MR) is 94.8 cm³/mol. The molecule has 2 rings (SSSR count). The highest BCUT2D eigenvalue weighted by Crippen LogP contribution is 2.12. The normalized spacial score (nSPS) is 11.2. The number of hydrogen-bond donors (Lipinski definition) is 4. The average Bonchev–Trinajstić information content (AvgIpc) is 2.55. The van der Waals surface area contributed by atoms with Crippen molar-refractivity contribution in [1.82, 2.24) is 10.6 Å². The van der Waals surface area contributed by atoms with Crippen LogP contribution in [0.25, 0.3) is 0 Å². The van der Waals surface area contributed by atoms with Gasteiger partial charge < -0.3 is 16.4 Å². The van der Waals surface area contributed by atoms with Crippen molar-refractivity contribution in [2.45, 2.75) is 12.6 Å². The number of carbonyl (C=O) groups is 1. The van der Waals surface area contributed by atoms with E-state index in [0.29, 0.717) is 12.1 Å². The zero-order chi connectivity index (χ0) is 15.9. The lowest BCUT2D eigenvalue weighted by Gasteiger charge is -2.16. The average molecular weight is 333 g/mol. The van der Waals surface area contributed by atoms with Crippen LogP contribution in [0.4, 0.5) is 0 Å². The highest BCUT2D eigenvalue weighted by atomic mass is 35.5. The molecule has 0 heterocycles. The number of nitrogens with two attached hydrogens (primary N) is 1. The summed E-state index contributed by atoms with van der Waals surface area (Å²) in [5.74, 6) is -0.0424. The van der Waals surface area contributed by atoms with Gasteiger partial charge in [0.2, 0.25) is 5.91 Å². The zero-order valence-corrected chi connectivity index (χ0v) is 13.7. The Kier molecular flexibility index (Phi) is 7.25. The van der Waals surface area contributed by atoms with Gasteiger partial charge in [-0.2, -0.15) is 0 Å². The molecule has 2 aromatic carbocycles. The van der Waals surface area contributed by atoms with E-state index in [-0.39, 0.29) is 30.2 Å². The number of nitrogens with one attached hydrogen (secondary N) is 3. The monoisotopic (exact) mass is 332 g/mol. The molecule has 0 bridgehead atoms. The Morgan fingerprint density at radius 1 is 1.13 bits per heavy atom. The number of benzene rings is 2. The minimum atomic E-state index is -0.377. The molecule has 0 aliphatic carbocycles. The molecule has 6 heteroatoms. The van der Waals surface area contributed by atoms with Crippen LogP contribution < -0.4 is 16.4 Å². The molecule has 0 aliphatic rings. The molecule has 23 heavy (non-hydrogen) atoms. The summed E-state index contributed by atoms with van der Waals surface area (Å²) < 4.78 is 0. The number of amidine groups is 1. The van der Waals surface area contributed by atoms with Crippen LogP contribution >= 0.6 is 12.4 Å². The Balaban J connectivity index is 0.00000264. The number of rotatable bonds is 6. The molecule has 0 saturated heterocycles. The second-order valence-corrected chi connectivity index (χ2v) is 4.96. The lowest BCUT2D eigenvalue weighted by molar-refractivity contribution is -0.123. The minimum absolute atomic E-state index is 0. The van der Waals surface area contributed by atoms with Crippen molar-refractivity contribution in [3.05, 3.63) is 71.3 Å². The lowest BCUT2D eigenvalue weighted by Crippen LogP contribution is -2.35. The van der Waals surface area contributed by atoms with E-state index in [1.165, 1.54) is 0 Å². The van der Waals surface area contributed by atoms with Crippen LogP contribution in [-0.2, 0) is 11.3 Å². The van der Waals surface area contributed by atoms with Gasteiger partial charge in [-0.3, -0.25) is 10.2 Å². The third-order valence-corrected chi connectivity index (χ3v) is 3.42. The van der Waals surface area contributed by atoms with Crippen molar-refractivity contribution in [2.24, 2.45) is 5.73 Å². The smallest absolute Gasteiger partial charge is 0.241 e. The van der Waals surface area contributed by atoms with Gasteiger partial charge in [-0.05, 0) is 18.2 Å². The highest BCUT2D eigenvalue weighted by Gasteiger charge is 2.17. The zero-order valence-electron chi connectivity index (χ0n) is 12.9. The van der Waals surface area contributed by atoms with Crippen molar-refractivity contribution in [2.75, 3.05) is 7.05 Å². The molecule has 1 amide bonds. The predicted octanol–water partition coefficient (Wildman–Crippen LogP) is 1.97. The molecular weight excluding hydrogens is 312 g/mol. The molecule has 1 atom stereocenters. The van der Waals surface area contributed by atoms with E-state index >= 15 is 0 Å². The van der Waals surface area contributed by atoms with Gasteiger partial charge in [-0.25, -0.2) is 0 Å². The summed E-state index contributed by atoms with van der Waals surface area (Å²) in [6, 6.07) is 16.5. The first-order chi connectivity index (χ1) is 10.6. The van der Waals surface area contributed by atoms with Gasteiger partial charge in [0.05, 0.1) is 0 Å². The van der Waals surface area contributed by atoms with Gasteiger partial charge in [-0.15, -0.1) is 12.4 Å². The van der Waals surface area contributed by atoms with E-state index < -0.39 is 0 Å². The highest BCUT2D eigenvalue weighted by molar-refractivity contribution is 5.94. The molecular formula is C17H21ClN4O. The van der Waals surface area contributed by atoms with E-state index in [0.717, 1.165) is 11.1 Å². The molecule has 0 saturated carbocycles. The molecule has 0 aromatic heterocycles. The Morgan fingerprint density at radius 2 is 1.74 bits per heavy atom. The summed E-state index contributed by atoms with van der Waals surface area (Å²) in [5.41, 5.74) is 7.97. The van der Waals surface area contributed by atoms with Gasteiger partial charge in [-0.1, -0.05) is 54.6 Å². The Bertz CT molecular complexity index is 643. The van der Waals surface area contributed by atoms with Gasteiger partial charge in [0.1, 0.15) is 11.9 Å². The Labute approximate surface area is 142 Å². The van der Waals surface area contributed by atoms with Gasteiger partial charge in [0.15, 0.2) is 0 Å². The first kappa shape index (κ1) is 18.7. The largest absolute Gasteiger partial charge is 0.384 e. The maximum absolute atomic E-state index is 12.3. The fourth-order valence-electron chi connectivity index (χ4n) is 2.19. The van der Waals surface area contributed by atoms with Crippen LogP contribution in [0, 0.1) is 5.41 Å². The molecule has 0 fully saturated rings. The number of likely N-dealkylation sites (N-methyl/N-ethyl adjacent to an activating group) is 1. The van der Waals surface area contributed by atoms with Crippen LogP contribution in [0.2, 0.25) is 0 Å². The van der Waals surface area contributed by atoms with Crippen molar-refractivity contribution < 1.29 is 4.79 Å². The summed E-state index contributed by atoms with van der Waals surface area (Å²) in [7, 11) is 1.76. The Morgan fingerprint density at radius 3 is 2.26 bits per heavy atom. The number of carbonyl (C=O) groups excluding carboxylic acids is 1. The lowest BCUT2D eigenvalue weighted by atomic mass is 10.1. The van der Waals surface area contributed by atoms with Crippen LogP contribution in [0.5, 0.6) is 0 Å². The van der Waals surface area contributed by atoms with Crippen LogP contribution in [-0.4, -0.2) is 18.8 Å². The number of hydrogen-bond acceptors (Lipinski definition) is 3. The van der Waals surface area contributed by atoms with Crippen molar-refractivity contribution >= 4 is 24.1 Å². The molecule has 2 aromatic rings. The first-order valence-electron chi connectivity index (χ1n) is 7.05. The van der Waals surface area contributed by atoms with Crippen molar-refractivity contribution in [3.8, 4) is 0 Å². The molecule has 0 unspecified atom stereocenters. The molecule has 122 valence electrons. The fourth-order valence-corrected chi connectivity index (χ4v) is 2.19. The summed E-state index contributed by atoms with van der Waals surface area (Å²) in [6.45, 7) is 0.433. The van der Waals surface area contributed by atoms with E-state index in [1.807, 2.05) is 42.5 Å². The van der Waals surface area contributed by atoms with E-state index in [1.54, 1.807) is 19.2 Å². The Hall–Kier alpha value is -2.37. The minimum Gasteiger partial charge on any atom is -0.384 e. The summed E-state index contributed by atoms with van der Waals surface area (Å²) >= 11 is 0. The first-order valence-corrected chi connectivity index (χ1v) is 7.05. The third-order valence-electron chi connectivity index (χ3n) is 3.42. The fraction of sp³-hybridized carbons (Fsp3) is 0.176. The maximum Gasteiger partial charge on any atom is 0.241 e.